The van der Waals surface area contributed by atoms with Gasteiger partial charge < -0.3 is 26.2 Å². The van der Waals surface area contributed by atoms with Crippen molar-refractivity contribution < 1.29 is 32.4 Å². The van der Waals surface area contributed by atoms with Crippen molar-refractivity contribution in [1.82, 2.24) is 26.2 Å². The number of amides is 5. The van der Waals surface area contributed by atoms with Crippen LogP contribution in [0.2, 0.25) is 0 Å². The summed E-state index contributed by atoms with van der Waals surface area (Å²) in [5, 5.41) is 11.4. The number of rotatable bonds is 16. The van der Waals surface area contributed by atoms with E-state index in [4.69, 9.17) is 0 Å². The Bertz CT molecular complexity index is 1450. The van der Waals surface area contributed by atoms with Gasteiger partial charge in [-0.3, -0.25) is 19.2 Å². The Hall–Kier alpha value is -2.96. The maximum atomic E-state index is 14.6. The van der Waals surface area contributed by atoms with Crippen molar-refractivity contribution in [2.75, 3.05) is 18.8 Å². The largest absolute Gasteiger partial charge is 0.346 e. The molecular formula is C38H63N5O7S. The van der Waals surface area contributed by atoms with Crippen LogP contribution in [0.25, 0.3) is 0 Å². The highest BCUT2D eigenvalue weighted by molar-refractivity contribution is 7.92. The molecular weight excluding hydrogens is 671 g/mol. The second-order valence-electron chi connectivity index (χ2n) is 17.7. The summed E-state index contributed by atoms with van der Waals surface area (Å²) in [6.07, 6.45) is 10.1. The molecule has 0 spiro atoms. The maximum absolute atomic E-state index is 14.6. The molecule has 288 valence electrons. The molecule has 4 atom stereocenters. The summed E-state index contributed by atoms with van der Waals surface area (Å²) in [4.78, 5) is 70.2. The summed E-state index contributed by atoms with van der Waals surface area (Å²) in [5.74, 6) is -2.45. The van der Waals surface area contributed by atoms with Gasteiger partial charge in [-0.1, -0.05) is 72.8 Å². The van der Waals surface area contributed by atoms with Gasteiger partial charge in [0.15, 0.2) is 9.84 Å². The number of carbonyl (C=O) groups is 5. The van der Waals surface area contributed by atoms with E-state index in [1.807, 2.05) is 27.7 Å². The molecule has 4 aliphatic rings. The molecule has 5 amide bonds. The van der Waals surface area contributed by atoms with Crippen LogP contribution in [0.15, 0.2) is 12.7 Å². The molecule has 4 fully saturated rings. The van der Waals surface area contributed by atoms with E-state index in [1.54, 1.807) is 18.7 Å². The zero-order chi connectivity index (χ0) is 38.0. The highest BCUT2D eigenvalue weighted by Gasteiger charge is 2.56. The second kappa shape index (κ2) is 15.6. The summed E-state index contributed by atoms with van der Waals surface area (Å²) < 4.78 is 26.2. The summed E-state index contributed by atoms with van der Waals surface area (Å²) in [6.45, 7) is 16.9. The Labute approximate surface area is 305 Å². The fraction of sp³-hybridized carbons (Fsp3) is 0.816. The van der Waals surface area contributed by atoms with Gasteiger partial charge in [0.25, 0.3) is 5.91 Å². The Balaban J connectivity index is 1.57. The van der Waals surface area contributed by atoms with E-state index in [0.29, 0.717) is 38.6 Å². The molecule has 13 heteroatoms. The first-order valence-corrected chi connectivity index (χ1v) is 20.7. The molecule has 0 aromatic carbocycles. The number of carbonyl (C=O) groups excluding carboxylic acids is 5. The van der Waals surface area contributed by atoms with Crippen LogP contribution in [-0.2, 0) is 29.0 Å². The van der Waals surface area contributed by atoms with Gasteiger partial charge in [0.1, 0.15) is 12.1 Å². The van der Waals surface area contributed by atoms with Crippen molar-refractivity contribution in [1.29, 1.82) is 0 Å². The van der Waals surface area contributed by atoms with Crippen LogP contribution >= 0.6 is 0 Å². The van der Waals surface area contributed by atoms with Crippen molar-refractivity contribution in [3.63, 3.8) is 0 Å². The number of Topliss-reactive ketones (excluding diaryl/α,β-unsaturated/α-hetero) is 1. The van der Waals surface area contributed by atoms with Gasteiger partial charge in [-0.05, 0) is 81.5 Å². The molecule has 0 aromatic rings. The number of nitrogens with one attached hydrogen (secondary N) is 4. The average Bonchev–Trinajstić information content (AvgIpc) is 3.98. The fourth-order valence-corrected chi connectivity index (χ4v) is 9.70. The minimum Gasteiger partial charge on any atom is -0.346 e. The van der Waals surface area contributed by atoms with Gasteiger partial charge in [0.2, 0.25) is 17.6 Å². The third-order valence-electron chi connectivity index (χ3n) is 12.2. The van der Waals surface area contributed by atoms with Crippen molar-refractivity contribution in [3.8, 4) is 0 Å². The smallest absolute Gasteiger partial charge is 0.315 e. The lowest BCUT2D eigenvalue weighted by atomic mass is 9.82. The van der Waals surface area contributed by atoms with Crippen LogP contribution in [0.5, 0.6) is 0 Å². The molecule has 2 unspecified atom stereocenters. The third kappa shape index (κ3) is 9.73. The molecule has 3 saturated carbocycles. The van der Waals surface area contributed by atoms with Gasteiger partial charge in [-0.25, -0.2) is 13.2 Å². The molecule has 3 aliphatic carbocycles. The first-order valence-electron chi connectivity index (χ1n) is 19.0. The van der Waals surface area contributed by atoms with Crippen LogP contribution in [0.3, 0.4) is 0 Å². The zero-order valence-electron chi connectivity index (χ0n) is 32.0. The predicted molar refractivity (Wildman–Crippen MR) is 197 cm³/mol. The van der Waals surface area contributed by atoms with Crippen LogP contribution in [0.1, 0.15) is 126 Å². The van der Waals surface area contributed by atoms with Crippen molar-refractivity contribution >= 4 is 39.4 Å². The zero-order valence-corrected chi connectivity index (χ0v) is 32.8. The molecule has 51 heavy (non-hydrogen) atoms. The van der Waals surface area contributed by atoms with E-state index in [2.05, 4.69) is 34.8 Å². The van der Waals surface area contributed by atoms with Gasteiger partial charge in [-0.15, -0.1) is 6.58 Å². The molecule has 4 rings (SSSR count). The van der Waals surface area contributed by atoms with Crippen LogP contribution < -0.4 is 21.3 Å². The normalized spacial score (nSPS) is 24.1. The predicted octanol–water partition coefficient (Wildman–Crippen LogP) is 4.18. The van der Waals surface area contributed by atoms with Gasteiger partial charge in [0, 0.05) is 13.1 Å². The van der Waals surface area contributed by atoms with Crippen molar-refractivity contribution in [2.45, 2.75) is 154 Å². The van der Waals surface area contributed by atoms with E-state index in [9.17, 15) is 32.4 Å². The third-order valence-corrected chi connectivity index (χ3v) is 15.1. The Morgan fingerprint density at radius 2 is 1.57 bits per heavy atom. The van der Waals surface area contributed by atoms with Crippen molar-refractivity contribution in [2.24, 2.45) is 22.7 Å². The first kappa shape index (κ1) is 40.8. The number of likely N-dealkylation sites (tertiary alicyclic amines) is 1. The van der Waals surface area contributed by atoms with Gasteiger partial charge >= 0.3 is 6.03 Å². The van der Waals surface area contributed by atoms with E-state index >= 15 is 0 Å². The Morgan fingerprint density at radius 3 is 2.10 bits per heavy atom. The fourth-order valence-electron chi connectivity index (χ4n) is 7.78. The Kier molecular flexibility index (Phi) is 12.5. The number of ketones is 1. The van der Waals surface area contributed by atoms with Gasteiger partial charge in [0.05, 0.1) is 22.1 Å². The van der Waals surface area contributed by atoms with E-state index in [1.165, 1.54) is 6.08 Å². The number of nitrogens with zero attached hydrogens (tertiary/aromatic N) is 1. The summed E-state index contributed by atoms with van der Waals surface area (Å²) in [7, 11) is -3.58. The highest BCUT2D eigenvalue weighted by Crippen LogP contribution is 2.56. The molecule has 4 N–H and O–H groups in total. The standard InChI is InChI=1S/C38H63N5O7S/c1-9-21-39-32(46)29(44)27(23-25-14-15-25)40-31(45)28-26(37(8)19-20-37)16-22-43(28)33(47)30(35(3,4)5)41-34(48)42-38(17-12-11-13-18-38)24-51(49,50)36(6,7)10-2/h9,25-28,30H,1,10-24H2,2-8H3,(H,39,46)(H,40,45)(H2,41,42,48)/t26?,27?,28-,30+/m0/s1. The Morgan fingerprint density at radius 1 is 0.941 bits per heavy atom. The quantitative estimate of drug-likeness (QED) is 0.136. The molecule has 1 aliphatic heterocycles. The molecule has 0 aromatic heterocycles. The van der Waals surface area contributed by atoms with E-state index in [0.717, 1.165) is 44.9 Å². The van der Waals surface area contributed by atoms with Crippen molar-refractivity contribution in [3.05, 3.63) is 12.7 Å². The lowest BCUT2D eigenvalue weighted by Gasteiger charge is -2.41. The number of sulfone groups is 1. The monoisotopic (exact) mass is 733 g/mol. The first-order chi connectivity index (χ1) is 23.7. The lowest BCUT2D eigenvalue weighted by molar-refractivity contribution is -0.145. The maximum Gasteiger partial charge on any atom is 0.315 e. The summed E-state index contributed by atoms with van der Waals surface area (Å²) >= 11 is 0. The minimum atomic E-state index is -3.58. The average molecular weight is 734 g/mol. The summed E-state index contributed by atoms with van der Waals surface area (Å²) in [5.41, 5.74) is -1.86. The number of hydrogen-bond acceptors (Lipinski definition) is 7. The number of hydrogen-bond donors (Lipinski definition) is 4. The molecule has 0 bridgehead atoms. The second-order valence-corrected chi connectivity index (χ2v) is 20.4. The summed E-state index contributed by atoms with van der Waals surface area (Å²) in [6, 6.07) is -3.53. The highest BCUT2D eigenvalue weighted by atomic mass is 32.2. The van der Waals surface area contributed by atoms with E-state index in [-0.39, 0.29) is 29.5 Å². The molecule has 1 saturated heterocycles. The van der Waals surface area contributed by atoms with Crippen LogP contribution in [0.4, 0.5) is 4.79 Å². The van der Waals surface area contributed by atoms with Crippen LogP contribution in [0, 0.1) is 22.7 Å². The SMILES string of the molecule is C=CCNC(=O)C(=O)C(CC1CC1)NC(=O)[C@@H]1C(C2(C)CC2)CCN1C(=O)[C@@H](NC(=O)NC1(CS(=O)(=O)C(C)(C)CC)CCCCC1)C(C)(C)C. The van der Waals surface area contributed by atoms with Crippen LogP contribution in [-0.4, -0.2) is 90.1 Å². The number of urea groups is 1. The lowest BCUT2D eigenvalue weighted by Crippen LogP contribution is -2.64. The van der Waals surface area contributed by atoms with Gasteiger partial charge in [-0.2, -0.15) is 0 Å². The topological polar surface area (TPSA) is 171 Å². The molecule has 1 heterocycles. The molecule has 0 radical (unpaired) electrons. The minimum absolute atomic E-state index is 0.127. The van der Waals surface area contributed by atoms with E-state index < -0.39 is 73.2 Å². The molecule has 12 nitrogen and oxygen atoms in total.